The molecule has 4 aromatic rings. The van der Waals surface area contributed by atoms with Crippen molar-refractivity contribution in [2.45, 2.75) is 13.0 Å². The molecule has 4 heteroatoms. The second-order valence-electron chi connectivity index (χ2n) is 6.45. The van der Waals surface area contributed by atoms with Crippen LogP contribution in [-0.4, -0.2) is 21.7 Å². The first-order valence-electron chi connectivity index (χ1n) is 9.04. The third-order valence-electron chi connectivity index (χ3n) is 4.72. The van der Waals surface area contributed by atoms with Crippen molar-refractivity contribution >= 4 is 10.9 Å². The molecule has 0 bridgehead atoms. The minimum absolute atomic E-state index is 0.0646. The molecule has 2 aromatic carbocycles. The van der Waals surface area contributed by atoms with Gasteiger partial charge in [-0.2, -0.15) is 0 Å². The molecule has 0 amide bonds. The normalized spacial score (nSPS) is 11.0. The van der Waals surface area contributed by atoms with E-state index >= 15 is 0 Å². The lowest BCUT2D eigenvalue weighted by molar-refractivity contribution is 0.298. The van der Waals surface area contributed by atoms with Gasteiger partial charge in [-0.15, -0.1) is 0 Å². The highest BCUT2D eigenvalue weighted by atomic mass is 16.3. The van der Waals surface area contributed by atoms with E-state index < -0.39 is 0 Å². The Balaban J connectivity index is 1.98. The molecule has 4 rings (SSSR count). The number of fused-ring (bicyclic) bond motifs is 1. The van der Waals surface area contributed by atoms with Crippen LogP contribution in [0.25, 0.3) is 33.3 Å². The largest absolute Gasteiger partial charge is 0.396 e. The molecule has 2 aromatic heterocycles. The van der Waals surface area contributed by atoms with Crippen LogP contribution in [0.2, 0.25) is 0 Å². The van der Waals surface area contributed by atoms with E-state index in [9.17, 15) is 5.11 Å². The van der Waals surface area contributed by atoms with Gasteiger partial charge in [-0.3, -0.25) is 4.98 Å². The van der Waals surface area contributed by atoms with E-state index in [-0.39, 0.29) is 6.61 Å². The van der Waals surface area contributed by atoms with Gasteiger partial charge in [0.05, 0.1) is 16.9 Å². The van der Waals surface area contributed by atoms with Crippen LogP contribution in [-0.2, 0) is 13.0 Å². The molecular weight excluding hydrogens is 334 g/mol. The maximum absolute atomic E-state index is 9.38. The molecule has 0 saturated heterocycles. The molecule has 0 spiro atoms. The molecule has 0 fully saturated rings. The molecule has 2 heterocycles. The Labute approximate surface area is 158 Å². The number of nitrogens with zero attached hydrogens (tertiary/aromatic N) is 2. The quantitative estimate of drug-likeness (QED) is 0.568. The third kappa shape index (κ3) is 3.45. The Kier molecular flexibility index (Phi) is 4.92. The van der Waals surface area contributed by atoms with E-state index in [1.165, 1.54) is 0 Å². The third-order valence-corrected chi connectivity index (χ3v) is 4.72. The number of aliphatic hydroxyl groups excluding tert-OH is 1. The summed E-state index contributed by atoms with van der Waals surface area (Å²) >= 11 is 0. The summed E-state index contributed by atoms with van der Waals surface area (Å²) in [5.41, 5.74) is 12.7. The molecule has 3 N–H and O–H groups in total. The fourth-order valence-electron chi connectivity index (χ4n) is 3.31. The fraction of sp³-hybridized carbons (Fsp3) is 0.130. The second kappa shape index (κ2) is 7.66. The van der Waals surface area contributed by atoms with Crippen LogP contribution in [0.15, 0.2) is 72.9 Å². The molecule has 0 radical (unpaired) electrons. The lowest BCUT2D eigenvalue weighted by Gasteiger charge is -2.13. The highest BCUT2D eigenvalue weighted by Crippen LogP contribution is 2.34. The Morgan fingerprint density at radius 2 is 1.67 bits per heavy atom. The molecule has 27 heavy (non-hydrogen) atoms. The number of benzene rings is 2. The summed E-state index contributed by atoms with van der Waals surface area (Å²) in [5.74, 6) is 0. The average Bonchev–Trinajstić information content (AvgIpc) is 2.74. The summed E-state index contributed by atoms with van der Waals surface area (Å²) in [4.78, 5) is 9.41. The van der Waals surface area contributed by atoms with Crippen LogP contribution in [0.5, 0.6) is 0 Å². The van der Waals surface area contributed by atoms with Gasteiger partial charge in [0.1, 0.15) is 0 Å². The van der Waals surface area contributed by atoms with Crippen LogP contribution in [0, 0.1) is 0 Å². The first-order valence-corrected chi connectivity index (χ1v) is 9.04. The van der Waals surface area contributed by atoms with Gasteiger partial charge in [0.2, 0.25) is 0 Å². The van der Waals surface area contributed by atoms with Gasteiger partial charge in [0.25, 0.3) is 0 Å². The number of hydrogen-bond acceptors (Lipinski definition) is 4. The minimum Gasteiger partial charge on any atom is -0.396 e. The van der Waals surface area contributed by atoms with E-state index in [1.54, 1.807) is 6.20 Å². The number of nitrogens with two attached hydrogens (primary N) is 1. The average molecular weight is 355 g/mol. The number of aromatic nitrogens is 2. The molecule has 0 saturated carbocycles. The van der Waals surface area contributed by atoms with Crippen LogP contribution in [0.3, 0.4) is 0 Å². The highest BCUT2D eigenvalue weighted by Gasteiger charge is 2.13. The SMILES string of the molecule is NCc1ccc(-c2nc3ccnc(CCO)c3cc2-c2ccccc2)cc1. The van der Waals surface area contributed by atoms with Crippen LogP contribution in [0.1, 0.15) is 11.3 Å². The van der Waals surface area contributed by atoms with Crippen LogP contribution < -0.4 is 5.73 Å². The Morgan fingerprint density at radius 1 is 0.889 bits per heavy atom. The molecule has 4 nitrogen and oxygen atoms in total. The second-order valence-corrected chi connectivity index (χ2v) is 6.45. The van der Waals surface area contributed by atoms with Gasteiger partial charge < -0.3 is 10.8 Å². The highest BCUT2D eigenvalue weighted by molar-refractivity contribution is 5.92. The van der Waals surface area contributed by atoms with E-state index in [2.05, 4.69) is 35.3 Å². The van der Waals surface area contributed by atoms with E-state index in [4.69, 9.17) is 10.7 Å². The van der Waals surface area contributed by atoms with Crippen molar-refractivity contribution < 1.29 is 5.11 Å². The summed E-state index contributed by atoms with van der Waals surface area (Å²) in [6, 6.07) is 22.5. The van der Waals surface area contributed by atoms with Crippen molar-refractivity contribution in [2.24, 2.45) is 5.73 Å². The number of rotatable bonds is 5. The Morgan fingerprint density at radius 3 is 2.37 bits per heavy atom. The first kappa shape index (κ1) is 17.3. The van der Waals surface area contributed by atoms with Gasteiger partial charge in [-0.05, 0) is 23.3 Å². The van der Waals surface area contributed by atoms with Gasteiger partial charge in [0.15, 0.2) is 0 Å². The van der Waals surface area contributed by atoms with Gasteiger partial charge >= 0.3 is 0 Å². The first-order chi connectivity index (χ1) is 13.3. The van der Waals surface area contributed by atoms with Crippen LogP contribution >= 0.6 is 0 Å². The van der Waals surface area contributed by atoms with Crippen molar-refractivity contribution in [3.05, 3.63) is 84.2 Å². The van der Waals surface area contributed by atoms with Gasteiger partial charge in [-0.1, -0.05) is 54.6 Å². The summed E-state index contributed by atoms with van der Waals surface area (Å²) in [6.45, 7) is 0.586. The topological polar surface area (TPSA) is 72.0 Å². The maximum Gasteiger partial charge on any atom is 0.0788 e. The zero-order valence-corrected chi connectivity index (χ0v) is 15.0. The number of pyridine rings is 2. The molecule has 0 aliphatic carbocycles. The van der Waals surface area contributed by atoms with E-state index in [0.717, 1.165) is 44.5 Å². The van der Waals surface area contributed by atoms with E-state index in [1.807, 2.05) is 36.4 Å². The summed E-state index contributed by atoms with van der Waals surface area (Å²) < 4.78 is 0. The van der Waals surface area contributed by atoms with Crippen LogP contribution in [0.4, 0.5) is 0 Å². The zero-order valence-electron chi connectivity index (χ0n) is 15.0. The Bertz CT molecular complexity index is 1060. The molecular formula is C23H21N3O. The lowest BCUT2D eigenvalue weighted by atomic mass is 9.96. The van der Waals surface area contributed by atoms with Crippen molar-refractivity contribution in [2.75, 3.05) is 6.61 Å². The fourth-order valence-corrected chi connectivity index (χ4v) is 3.31. The molecule has 0 unspecified atom stereocenters. The van der Waals surface area contributed by atoms with Gasteiger partial charge in [0, 0.05) is 42.3 Å². The Hall–Kier alpha value is -3.08. The molecule has 134 valence electrons. The molecule has 0 aliphatic heterocycles. The summed E-state index contributed by atoms with van der Waals surface area (Å²) in [7, 11) is 0. The van der Waals surface area contributed by atoms with Crippen molar-refractivity contribution in [1.82, 2.24) is 9.97 Å². The monoisotopic (exact) mass is 355 g/mol. The smallest absolute Gasteiger partial charge is 0.0788 e. The zero-order chi connectivity index (χ0) is 18.6. The van der Waals surface area contributed by atoms with Crippen molar-refractivity contribution in [1.29, 1.82) is 0 Å². The number of hydrogen-bond donors (Lipinski definition) is 2. The predicted molar refractivity (Wildman–Crippen MR) is 109 cm³/mol. The maximum atomic E-state index is 9.38. The van der Waals surface area contributed by atoms with Crippen molar-refractivity contribution in [3.63, 3.8) is 0 Å². The van der Waals surface area contributed by atoms with E-state index in [0.29, 0.717) is 13.0 Å². The summed E-state index contributed by atoms with van der Waals surface area (Å²) in [6.07, 6.45) is 2.27. The molecule has 0 atom stereocenters. The number of aliphatic hydroxyl groups is 1. The molecule has 0 aliphatic rings. The minimum atomic E-state index is 0.0646. The standard InChI is InChI=1S/C23H21N3O/c24-15-16-6-8-18(9-7-16)23-19(17-4-2-1-3-5-17)14-20-21(11-13-27)25-12-10-22(20)26-23/h1-10,12,14,27H,11,13,15,24H2. The lowest BCUT2D eigenvalue weighted by Crippen LogP contribution is -1.99. The van der Waals surface area contributed by atoms with Gasteiger partial charge in [-0.25, -0.2) is 4.98 Å². The summed E-state index contributed by atoms with van der Waals surface area (Å²) in [5, 5.41) is 10.4. The van der Waals surface area contributed by atoms with Crippen molar-refractivity contribution in [3.8, 4) is 22.4 Å². The predicted octanol–water partition coefficient (Wildman–Crippen LogP) is 3.96.